The Kier molecular flexibility index (Phi) is 5.77. The number of benzene rings is 1. The highest BCUT2D eigenvalue weighted by Crippen LogP contribution is 2.19. The summed E-state index contributed by atoms with van der Waals surface area (Å²) < 4.78 is 6.22. The molecule has 1 atom stereocenters. The average molecular weight is 381 g/mol. The van der Waals surface area contributed by atoms with Gasteiger partial charge in [0, 0.05) is 21.6 Å². The maximum Gasteiger partial charge on any atom is 0.334 e. The molecule has 0 aliphatic rings. The van der Waals surface area contributed by atoms with Crippen LogP contribution in [0.15, 0.2) is 27.1 Å². The first-order chi connectivity index (χ1) is 8.43. The fraction of sp³-hybridized carbons (Fsp3) is 0.273. The Bertz CT molecular complexity index is 444. The standard InChI is InChI=1S/C11H11Br2NO4/c1-18-9(11(16)17)5-14-10(15)6-2-7(12)4-8(13)3-6/h2-4,9H,5H2,1H3,(H,14,15)(H,16,17). The molecule has 0 heterocycles. The molecule has 0 aromatic heterocycles. The van der Waals surface area contributed by atoms with Crippen LogP contribution in [0.2, 0.25) is 0 Å². The molecule has 1 aromatic carbocycles. The molecule has 1 unspecified atom stereocenters. The van der Waals surface area contributed by atoms with Crippen LogP contribution in [-0.4, -0.2) is 36.7 Å². The molecule has 18 heavy (non-hydrogen) atoms. The molecule has 98 valence electrons. The summed E-state index contributed by atoms with van der Waals surface area (Å²) in [6.07, 6.45) is -1.05. The van der Waals surface area contributed by atoms with E-state index in [1.165, 1.54) is 7.11 Å². The molecule has 1 amide bonds. The van der Waals surface area contributed by atoms with Gasteiger partial charge in [-0.25, -0.2) is 4.79 Å². The van der Waals surface area contributed by atoms with E-state index >= 15 is 0 Å². The summed E-state index contributed by atoms with van der Waals surface area (Å²) in [4.78, 5) is 22.5. The number of carbonyl (C=O) groups is 2. The number of hydrogen-bond donors (Lipinski definition) is 2. The van der Waals surface area contributed by atoms with Gasteiger partial charge in [-0.15, -0.1) is 0 Å². The number of methoxy groups -OCH3 is 1. The first-order valence-electron chi connectivity index (χ1n) is 4.94. The van der Waals surface area contributed by atoms with Gasteiger partial charge in [-0.3, -0.25) is 4.79 Å². The van der Waals surface area contributed by atoms with E-state index in [4.69, 9.17) is 9.84 Å². The van der Waals surface area contributed by atoms with Crippen molar-refractivity contribution in [1.29, 1.82) is 0 Å². The van der Waals surface area contributed by atoms with Crippen LogP contribution in [-0.2, 0) is 9.53 Å². The first-order valence-corrected chi connectivity index (χ1v) is 6.52. The van der Waals surface area contributed by atoms with Crippen molar-refractivity contribution in [2.75, 3.05) is 13.7 Å². The second-order valence-corrected chi connectivity index (χ2v) is 5.26. The SMILES string of the molecule is COC(CNC(=O)c1cc(Br)cc(Br)c1)C(=O)O. The Morgan fingerprint density at radius 1 is 1.33 bits per heavy atom. The van der Waals surface area contributed by atoms with Crippen molar-refractivity contribution >= 4 is 43.7 Å². The van der Waals surface area contributed by atoms with Crippen molar-refractivity contribution in [3.8, 4) is 0 Å². The summed E-state index contributed by atoms with van der Waals surface area (Å²) in [5, 5.41) is 11.3. The third-order valence-electron chi connectivity index (χ3n) is 2.13. The molecule has 0 saturated heterocycles. The molecule has 0 bridgehead atoms. The zero-order valence-electron chi connectivity index (χ0n) is 9.44. The Morgan fingerprint density at radius 2 is 1.89 bits per heavy atom. The lowest BCUT2D eigenvalue weighted by atomic mass is 10.2. The van der Waals surface area contributed by atoms with Gasteiger partial charge < -0.3 is 15.2 Å². The molecule has 2 N–H and O–H groups in total. The Balaban J connectivity index is 2.68. The lowest BCUT2D eigenvalue weighted by Crippen LogP contribution is -2.37. The molecule has 0 aliphatic heterocycles. The summed E-state index contributed by atoms with van der Waals surface area (Å²) >= 11 is 6.54. The van der Waals surface area contributed by atoms with Crippen LogP contribution < -0.4 is 5.32 Å². The highest BCUT2D eigenvalue weighted by molar-refractivity contribution is 9.11. The number of aliphatic carboxylic acids is 1. The highest BCUT2D eigenvalue weighted by atomic mass is 79.9. The van der Waals surface area contributed by atoms with Crippen LogP contribution in [0.1, 0.15) is 10.4 Å². The van der Waals surface area contributed by atoms with E-state index in [-0.39, 0.29) is 12.5 Å². The Morgan fingerprint density at radius 3 is 2.33 bits per heavy atom. The van der Waals surface area contributed by atoms with Crippen molar-refractivity contribution in [2.45, 2.75) is 6.10 Å². The number of nitrogens with one attached hydrogen (secondary N) is 1. The molecule has 0 fully saturated rings. The molecule has 0 saturated carbocycles. The van der Waals surface area contributed by atoms with Crippen LogP contribution in [0.3, 0.4) is 0 Å². The highest BCUT2D eigenvalue weighted by Gasteiger charge is 2.17. The van der Waals surface area contributed by atoms with Gasteiger partial charge in [0.25, 0.3) is 5.91 Å². The summed E-state index contributed by atoms with van der Waals surface area (Å²) in [7, 11) is 1.28. The van der Waals surface area contributed by atoms with Crippen LogP contribution >= 0.6 is 31.9 Å². The Labute approximate surface area is 121 Å². The van der Waals surface area contributed by atoms with Crippen molar-refractivity contribution in [3.63, 3.8) is 0 Å². The summed E-state index contributed by atoms with van der Waals surface area (Å²) in [5.74, 6) is -1.48. The number of hydrogen-bond acceptors (Lipinski definition) is 3. The molecule has 0 aliphatic carbocycles. The Hall–Kier alpha value is -0.920. The van der Waals surface area contributed by atoms with Gasteiger partial charge in [0.1, 0.15) is 0 Å². The summed E-state index contributed by atoms with van der Waals surface area (Å²) in [6, 6.07) is 5.08. The van der Waals surface area contributed by atoms with Gasteiger partial charge in [0.15, 0.2) is 6.10 Å². The molecular weight excluding hydrogens is 370 g/mol. The van der Waals surface area contributed by atoms with Crippen molar-refractivity contribution in [2.24, 2.45) is 0 Å². The van der Waals surface area contributed by atoms with E-state index in [2.05, 4.69) is 37.2 Å². The lowest BCUT2D eigenvalue weighted by molar-refractivity contribution is -0.148. The number of halogens is 2. The molecular formula is C11H11Br2NO4. The lowest BCUT2D eigenvalue weighted by Gasteiger charge is -2.11. The summed E-state index contributed by atoms with van der Waals surface area (Å²) in [6.45, 7) is -0.0885. The maximum absolute atomic E-state index is 11.8. The largest absolute Gasteiger partial charge is 0.479 e. The fourth-order valence-corrected chi connectivity index (χ4v) is 2.54. The second kappa shape index (κ2) is 6.86. The predicted molar refractivity (Wildman–Crippen MR) is 72.6 cm³/mol. The third-order valence-corrected chi connectivity index (χ3v) is 3.05. The predicted octanol–water partition coefficient (Wildman–Crippen LogP) is 2.04. The monoisotopic (exact) mass is 379 g/mol. The van der Waals surface area contributed by atoms with Crippen LogP contribution in [0.5, 0.6) is 0 Å². The molecule has 0 radical (unpaired) electrons. The zero-order chi connectivity index (χ0) is 13.7. The summed E-state index contributed by atoms with van der Waals surface area (Å²) in [5.41, 5.74) is 0.427. The van der Waals surface area contributed by atoms with E-state index in [0.29, 0.717) is 5.56 Å². The van der Waals surface area contributed by atoms with Gasteiger partial charge in [0.2, 0.25) is 0 Å². The minimum Gasteiger partial charge on any atom is -0.479 e. The number of carboxylic acids is 1. The average Bonchev–Trinajstić information content (AvgIpc) is 2.27. The molecule has 1 rings (SSSR count). The maximum atomic E-state index is 11.8. The second-order valence-electron chi connectivity index (χ2n) is 3.43. The van der Waals surface area contributed by atoms with Crippen molar-refractivity contribution < 1.29 is 19.4 Å². The number of rotatable bonds is 5. The van der Waals surface area contributed by atoms with Gasteiger partial charge in [-0.2, -0.15) is 0 Å². The molecule has 1 aromatic rings. The minimum atomic E-state index is -1.12. The first kappa shape index (κ1) is 15.1. The minimum absolute atomic E-state index is 0.0885. The fourth-order valence-electron chi connectivity index (χ4n) is 1.24. The van der Waals surface area contributed by atoms with Crippen LogP contribution in [0.25, 0.3) is 0 Å². The normalized spacial score (nSPS) is 11.9. The number of carboxylic acid groups (broad SMARTS) is 1. The van der Waals surface area contributed by atoms with Crippen molar-refractivity contribution in [3.05, 3.63) is 32.7 Å². The van der Waals surface area contributed by atoms with Crippen molar-refractivity contribution in [1.82, 2.24) is 5.32 Å². The quantitative estimate of drug-likeness (QED) is 0.819. The number of amides is 1. The third kappa shape index (κ3) is 4.40. The topological polar surface area (TPSA) is 75.6 Å². The van der Waals surface area contributed by atoms with Gasteiger partial charge >= 0.3 is 5.97 Å². The molecule has 7 heteroatoms. The molecule has 5 nitrogen and oxygen atoms in total. The van der Waals surface area contributed by atoms with E-state index in [0.717, 1.165) is 8.95 Å². The molecule has 0 spiro atoms. The van der Waals surface area contributed by atoms with E-state index in [9.17, 15) is 9.59 Å². The number of ether oxygens (including phenoxy) is 1. The van der Waals surface area contributed by atoms with E-state index < -0.39 is 12.1 Å². The van der Waals surface area contributed by atoms with Gasteiger partial charge in [-0.1, -0.05) is 31.9 Å². The zero-order valence-corrected chi connectivity index (χ0v) is 12.6. The number of carbonyl (C=O) groups excluding carboxylic acids is 1. The van der Waals surface area contributed by atoms with Gasteiger partial charge in [-0.05, 0) is 18.2 Å². The van der Waals surface area contributed by atoms with E-state index in [1.807, 2.05) is 0 Å². The van der Waals surface area contributed by atoms with Crippen LogP contribution in [0, 0.1) is 0 Å². The van der Waals surface area contributed by atoms with E-state index in [1.54, 1.807) is 18.2 Å². The van der Waals surface area contributed by atoms with Crippen LogP contribution in [0.4, 0.5) is 0 Å². The smallest absolute Gasteiger partial charge is 0.334 e. The van der Waals surface area contributed by atoms with Gasteiger partial charge in [0.05, 0.1) is 6.54 Å².